The first-order valence-corrected chi connectivity index (χ1v) is 5.51. The number of carbonyl (C=O) groups is 1. The highest BCUT2D eigenvalue weighted by Gasteiger charge is 2.20. The third kappa shape index (κ3) is 4.59. The highest BCUT2D eigenvalue weighted by atomic mass is 16.5. The molecule has 0 aromatic rings. The summed E-state index contributed by atoms with van der Waals surface area (Å²) in [6.45, 7) is 3.59. The molecule has 1 saturated heterocycles. The number of carbonyl (C=O) groups excluding carboxylic acids is 1. The molecular weight excluding hydrogens is 194 g/mol. The molecule has 1 aliphatic heterocycles. The average molecular weight is 215 g/mol. The lowest BCUT2D eigenvalue weighted by Crippen LogP contribution is -2.42. The van der Waals surface area contributed by atoms with Crippen LogP contribution in [0.3, 0.4) is 0 Å². The van der Waals surface area contributed by atoms with E-state index in [4.69, 9.17) is 10.5 Å². The minimum Gasteiger partial charge on any atom is -0.377 e. The number of likely N-dealkylation sites (tertiary alicyclic amines) is 1. The Morgan fingerprint density at radius 3 is 2.73 bits per heavy atom. The highest BCUT2D eigenvalue weighted by Crippen LogP contribution is 2.12. The Morgan fingerprint density at radius 2 is 2.20 bits per heavy atom. The first kappa shape index (κ1) is 12.4. The fourth-order valence-electron chi connectivity index (χ4n) is 1.75. The van der Waals surface area contributed by atoms with Crippen LogP contribution in [0.15, 0.2) is 0 Å². The molecule has 3 N–H and O–H groups in total. The molecular formula is C10H21N3O2. The second-order valence-corrected chi connectivity index (χ2v) is 3.81. The first-order valence-electron chi connectivity index (χ1n) is 5.51. The minimum atomic E-state index is 0.0799. The van der Waals surface area contributed by atoms with Crippen LogP contribution >= 0.6 is 0 Å². The lowest BCUT2D eigenvalue weighted by atomic mass is 10.1. The molecule has 1 amide bonds. The first-order chi connectivity index (χ1) is 7.26. The van der Waals surface area contributed by atoms with Crippen LogP contribution in [-0.4, -0.2) is 56.7 Å². The van der Waals surface area contributed by atoms with Gasteiger partial charge in [0.1, 0.15) is 0 Å². The monoisotopic (exact) mass is 215 g/mol. The number of ether oxygens (including phenoxy) is 1. The number of nitrogens with zero attached hydrogens (tertiary/aromatic N) is 1. The summed E-state index contributed by atoms with van der Waals surface area (Å²) in [5.74, 6) is 0.0799. The van der Waals surface area contributed by atoms with E-state index < -0.39 is 0 Å². The number of likely N-dealkylation sites (N-methyl/N-ethyl adjacent to an activating group) is 1. The normalized spacial score (nSPS) is 19.1. The van der Waals surface area contributed by atoms with Crippen LogP contribution in [0.25, 0.3) is 0 Å². The van der Waals surface area contributed by atoms with E-state index in [1.165, 1.54) is 0 Å². The van der Waals surface area contributed by atoms with Crippen molar-refractivity contribution in [2.24, 2.45) is 5.73 Å². The fourth-order valence-corrected chi connectivity index (χ4v) is 1.75. The fraction of sp³-hybridized carbons (Fsp3) is 0.900. The molecule has 15 heavy (non-hydrogen) atoms. The van der Waals surface area contributed by atoms with Gasteiger partial charge in [0.25, 0.3) is 0 Å². The molecule has 1 fully saturated rings. The van der Waals surface area contributed by atoms with Crippen LogP contribution in [0, 0.1) is 0 Å². The maximum absolute atomic E-state index is 11.1. The molecule has 5 nitrogen and oxygen atoms in total. The van der Waals surface area contributed by atoms with Crippen LogP contribution in [0.5, 0.6) is 0 Å². The topological polar surface area (TPSA) is 67.6 Å². The van der Waals surface area contributed by atoms with Gasteiger partial charge in [-0.1, -0.05) is 0 Å². The van der Waals surface area contributed by atoms with Crippen molar-refractivity contribution in [1.29, 1.82) is 0 Å². The van der Waals surface area contributed by atoms with Crippen molar-refractivity contribution in [2.75, 3.05) is 39.8 Å². The van der Waals surface area contributed by atoms with Gasteiger partial charge in [0, 0.05) is 26.7 Å². The van der Waals surface area contributed by atoms with E-state index in [2.05, 4.69) is 10.2 Å². The third-order valence-corrected chi connectivity index (χ3v) is 2.65. The Kier molecular flexibility index (Phi) is 5.60. The summed E-state index contributed by atoms with van der Waals surface area (Å²) in [5.41, 5.74) is 5.37. The van der Waals surface area contributed by atoms with Gasteiger partial charge in [0.05, 0.1) is 19.3 Å². The number of piperidine rings is 1. The van der Waals surface area contributed by atoms with Crippen molar-refractivity contribution in [2.45, 2.75) is 18.9 Å². The summed E-state index contributed by atoms with van der Waals surface area (Å²) >= 11 is 0. The second kappa shape index (κ2) is 6.76. The van der Waals surface area contributed by atoms with E-state index in [9.17, 15) is 4.79 Å². The van der Waals surface area contributed by atoms with Crippen molar-refractivity contribution in [3.8, 4) is 0 Å². The zero-order valence-electron chi connectivity index (χ0n) is 9.37. The Labute approximate surface area is 90.9 Å². The van der Waals surface area contributed by atoms with Gasteiger partial charge in [-0.3, -0.25) is 9.69 Å². The van der Waals surface area contributed by atoms with E-state index in [0.717, 1.165) is 25.9 Å². The van der Waals surface area contributed by atoms with Gasteiger partial charge in [-0.25, -0.2) is 0 Å². The number of nitrogens with one attached hydrogen (secondary N) is 1. The van der Waals surface area contributed by atoms with E-state index in [-0.39, 0.29) is 5.91 Å². The maximum Gasteiger partial charge on any atom is 0.233 e. The summed E-state index contributed by atoms with van der Waals surface area (Å²) in [6, 6.07) is 0. The summed E-state index contributed by atoms with van der Waals surface area (Å²) in [6.07, 6.45) is 2.32. The molecule has 0 aromatic carbocycles. The van der Waals surface area contributed by atoms with Gasteiger partial charge < -0.3 is 15.8 Å². The predicted octanol–water partition coefficient (Wildman–Crippen LogP) is -0.828. The van der Waals surface area contributed by atoms with Crippen molar-refractivity contribution in [3.05, 3.63) is 0 Å². The molecule has 0 unspecified atom stereocenters. The highest BCUT2D eigenvalue weighted by molar-refractivity contribution is 5.77. The SMILES string of the molecule is CNC(=O)CN1CCC(OCCN)CC1. The Hall–Kier alpha value is -0.650. The van der Waals surface area contributed by atoms with Gasteiger partial charge in [0.15, 0.2) is 0 Å². The number of amides is 1. The molecule has 0 spiro atoms. The Balaban J connectivity index is 2.15. The molecule has 1 aliphatic rings. The van der Waals surface area contributed by atoms with Gasteiger partial charge in [-0.15, -0.1) is 0 Å². The summed E-state index contributed by atoms with van der Waals surface area (Å²) in [4.78, 5) is 13.3. The zero-order valence-corrected chi connectivity index (χ0v) is 9.37. The van der Waals surface area contributed by atoms with Crippen molar-refractivity contribution in [3.63, 3.8) is 0 Å². The quantitative estimate of drug-likeness (QED) is 0.628. The van der Waals surface area contributed by atoms with Gasteiger partial charge in [-0.05, 0) is 12.8 Å². The van der Waals surface area contributed by atoms with Gasteiger partial charge >= 0.3 is 0 Å². The van der Waals surface area contributed by atoms with E-state index >= 15 is 0 Å². The number of rotatable bonds is 5. The van der Waals surface area contributed by atoms with Gasteiger partial charge in [-0.2, -0.15) is 0 Å². The van der Waals surface area contributed by atoms with Gasteiger partial charge in [0.2, 0.25) is 5.91 Å². The molecule has 1 rings (SSSR count). The minimum absolute atomic E-state index is 0.0799. The second-order valence-electron chi connectivity index (χ2n) is 3.81. The van der Waals surface area contributed by atoms with E-state index in [0.29, 0.717) is 25.8 Å². The lowest BCUT2D eigenvalue weighted by molar-refractivity contribution is -0.122. The summed E-state index contributed by atoms with van der Waals surface area (Å²) in [7, 11) is 1.67. The molecule has 0 radical (unpaired) electrons. The standard InChI is InChI=1S/C10H21N3O2/c1-12-10(14)8-13-5-2-9(3-6-13)15-7-4-11/h9H,2-8,11H2,1H3,(H,12,14). The molecule has 0 atom stereocenters. The van der Waals surface area contributed by atoms with Crippen LogP contribution in [-0.2, 0) is 9.53 Å². The zero-order chi connectivity index (χ0) is 11.1. The summed E-state index contributed by atoms with van der Waals surface area (Å²) in [5, 5.41) is 2.63. The van der Waals surface area contributed by atoms with Crippen molar-refractivity contribution in [1.82, 2.24) is 10.2 Å². The van der Waals surface area contributed by atoms with E-state index in [1.807, 2.05) is 0 Å². The summed E-state index contributed by atoms with van der Waals surface area (Å²) < 4.78 is 5.56. The number of hydrogen-bond donors (Lipinski definition) is 2. The lowest BCUT2D eigenvalue weighted by Gasteiger charge is -2.31. The van der Waals surface area contributed by atoms with Crippen LogP contribution in [0.2, 0.25) is 0 Å². The number of hydrogen-bond acceptors (Lipinski definition) is 4. The smallest absolute Gasteiger partial charge is 0.233 e. The Bertz CT molecular complexity index is 191. The van der Waals surface area contributed by atoms with Crippen molar-refractivity contribution < 1.29 is 9.53 Å². The molecule has 0 aromatic heterocycles. The number of nitrogens with two attached hydrogens (primary N) is 1. The van der Waals surface area contributed by atoms with Crippen LogP contribution in [0.4, 0.5) is 0 Å². The molecule has 88 valence electrons. The van der Waals surface area contributed by atoms with Crippen LogP contribution < -0.4 is 11.1 Å². The largest absolute Gasteiger partial charge is 0.377 e. The molecule has 5 heteroatoms. The predicted molar refractivity (Wildman–Crippen MR) is 58.5 cm³/mol. The maximum atomic E-state index is 11.1. The molecule has 0 aliphatic carbocycles. The van der Waals surface area contributed by atoms with Crippen LogP contribution in [0.1, 0.15) is 12.8 Å². The Morgan fingerprint density at radius 1 is 1.53 bits per heavy atom. The average Bonchev–Trinajstić information content (AvgIpc) is 2.28. The molecule has 0 saturated carbocycles. The van der Waals surface area contributed by atoms with E-state index in [1.54, 1.807) is 7.05 Å². The molecule has 1 heterocycles. The third-order valence-electron chi connectivity index (χ3n) is 2.65. The van der Waals surface area contributed by atoms with Crippen molar-refractivity contribution >= 4 is 5.91 Å². The molecule has 0 bridgehead atoms.